The van der Waals surface area contributed by atoms with Crippen LogP contribution < -0.4 is 14.9 Å². The second kappa shape index (κ2) is 8.15. The van der Waals surface area contributed by atoms with E-state index in [0.29, 0.717) is 26.4 Å². The van der Waals surface area contributed by atoms with E-state index < -0.39 is 16.9 Å². The van der Waals surface area contributed by atoms with Crippen molar-refractivity contribution in [3.05, 3.63) is 95.1 Å². The molecule has 3 heterocycles. The van der Waals surface area contributed by atoms with Crippen molar-refractivity contribution >= 4 is 29.1 Å². The van der Waals surface area contributed by atoms with Crippen molar-refractivity contribution in [2.24, 2.45) is 4.99 Å². The van der Waals surface area contributed by atoms with Crippen LogP contribution in [0.2, 0.25) is 0 Å². The lowest BCUT2D eigenvalue weighted by atomic mass is 9.95. The monoisotopic (exact) mass is 439 g/mol. The number of esters is 1. The molecule has 0 radical (unpaired) electrons. The van der Waals surface area contributed by atoms with Crippen molar-refractivity contribution in [3.8, 4) is 0 Å². The van der Waals surface area contributed by atoms with E-state index in [2.05, 4.69) is 4.99 Å². The first-order valence-electron chi connectivity index (χ1n) is 9.38. The molecule has 0 bridgehead atoms. The molecule has 0 N–H and O–H groups in total. The molecule has 4 rings (SSSR count). The van der Waals surface area contributed by atoms with Crippen LogP contribution in [-0.4, -0.2) is 22.1 Å². The van der Waals surface area contributed by atoms with Gasteiger partial charge in [-0.25, -0.2) is 9.79 Å². The van der Waals surface area contributed by atoms with Crippen LogP contribution in [0.5, 0.6) is 0 Å². The summed E-state index contributed by atoms with van der Waals surface area (Å²) < 4.78 is 12.2. The van der Waals surface area contributed by atoms with Gasteiger partial charge in [0.05, 0.1) is 39.6 Å². The number of hydrogen-bond acceptors (Lipinski definition) is 8. The second-order valence-corrected chi connectivity index (χ2v) is 7.68. The molecule has 1 aliphatic rings. The summed E-state index contributed by atoms with van der Waals surface area (Å²) in [5.41, 5.74) is 0.441. The van der Waals surface area contributed by atoms with Gasteiger partial charge in [-0.3, -0.25) is 19.5 Å². The highest BCUT2D eigenvalue weighted by Gasteiger charge is 2.34. The van der Waals surface area contributed by atoms with E-state index >= 15 is 0 Å². The number of non-ortho nitro benzene ring substituents is 1. The summed E-state index contributed by atoms with van der Waals surface area (Å²) in [6, 6.07) is 8.37. The molecule has 158 valence electrons. The summed E-state index contributed by atoms with van der Waals surface area (Å²) in [7, 11) is 0. The molecule has 0 saturated carbocycles. The first-order chi connectivity index (χ1) is 14.9. The third-order valence-corrected chi connectivity index (χ3v) is 5.71. The quantitative estimate of drug-likeness (QED) is 0.342. The molecular formula is C21H17N3O6S. The van der Waals surface area contributed by atoms with Gasteiger partial charge in [0.15, 0.2) is 4.80 Å². The molecule has 2 aromatic heterocycles. The molecule has 0 amide bonds. The first-order valence-corrected chi connectivity index (χ1v) is 10.2. The highest BCUT2D eigenvalue weighted by atomic mass is 32.1. The molecule has 10 heteroatoms. The molecule has 1 aliphatic heterocycles. The Bertz CT molecular complexity index is 1380. The molecule has 9 nitrogen and oxygen atoms in total. The summed E-state index contributed by atoms with van der Waals surface area (Å²) in [5, 5.41) is 11.3. The molecule has 0 aliphatic carbocycles. The maximum atomic E-state index is 13.3. The number of ether oxygens (including phenoxy) is 1. The lowest BCUT2D eigenvalue weighted by molar-refractivity contribution is -0.384. The van der Waals surface area contributed by atoms with Crippen molar-refractivity contribution in [2.75, 3.05) is 6.61 Å². The Kier molecular flexibility index (Phi) is 5.38. The average Bonchev–Trinajstić information content (AvgIpc) is 3.35. The van der Waals surface area contributed by atoms with Crippen LogP contribution in [0.1, 0.15) is 31.2 Å². The van der Waals surface area contributed by atoms with E-state index in [9.17, 15) is 19.7 Å². The minimum atomic E-state index is -0.908. The lowest BCUT2D eigenvalue weighted by Gasteiger charge is -2.24. The Morgan fingerprint density at radius 1 is 1.39 bits per heavy atom. The van der Waals surface area contributed by atoms with Crippen molar-refractivity contribution in [1.82, 2.24) is 4.57 Å². The molecular weight excluding hydrogens is 422 g/mol. The first kappa shape index (κ1) is 20.5. The van der Waals surface area contributed by atoms with E-state index in [1.165, 1.54) is 29.0 Å². The van der Waals surface area contributed by atoms with E-state index in [4.69, 9.17) is 9.15 Å². The average molecular weight is 439 g/mol. The summed E-state index contributed by atoms with van der Waals surface area (Å²) in [4.78, 5) is 41.7. The largest absolute Gasteiger partial charge is 0.465 e. The second-order valence-electron chi connectivity index (χ2n) is 6.67. The van der Waals surface area contributed by atoms with Crippen LogP contribution in [-0.2, 0) is 9.53 Å². The predicted octanol–water partition coefficient (Wildman–Crippen LogP) is 2.30. The number of carbonyl (C=O) groups is 1. The summed E-state index contributed by atoms with van der Waals surface area (Å²) >= 11 is 1.15. The number of nitro benzene ring substituents is 1. The van der Waals surface area contributed by atoms with E-state index in [1.807, 2.05) is 0 Å². The molecule has 1 atom stereocenters. The van der Waals surface area contributed by atoms with E-state index in [-0.39, 0.29) is 23.4 Å². The fourth-order valence-electron chi connectivity index (χ4n) is 3.42. The molecule has 0 fully saturated rings. The summed E-state index contributed by atoms with van der Waals surface area (Å²) in [6.07, 6.45) is 3.09. The van der Waals surface area contributed by atoms with Crippen molar-refractivity contribution in [1.29, 1.82) is 0 Å². The van der Waals surface area contributed by atoms with Crippen LogP contribution in [0.4, 0.5) is 5.69 Å². The summed E-state index contributed by atoms with van der Waals surface area (Å²) in [5.74, 6) is -0.126. The maximum absolute atomic E-state index is 13.3. The van der Waals surface area contributed by atoms with E-state index in [0.717, 1.165) is 11.3 Å². The van der Waals surface area contributed by atoms with Gasteiger partial charge in [0.25, 0.3) is 11.2 Å². The van der Waals surface area contributed by atoms with Gasteiger partial charge in [0.2, 0.25) is 0 Å². The number of aromatic nitrogens is 1. The number of nitro groups is 1. The highest BCUT2D eigenvalue weighted by Crippen LogP contribution is 2.32. The Balaban J connectivity index is 1.99. The number of rotatable bonds is 5. The number of allylic oxidation sites excluding steroid dienone is 1. The molecule has 1 aromatic carbocycles. The van der Waals surface area contributed by atoms with Crippen LogP contribution in [0.3, 0.4) is 0 Å². The fraction of sp³-hybridized carbons (Fsp3) is 0.190. The third-order valence-electron chi connectivity index (χ3n) is 4.73. The Hall–Kier alpha value is -3.79. The minimum Gasteiger partial charge on any atom is -0.465 e. The van der Waals surface area contributed by atoms with Gasteiger partial charge in [0, 0.05) is 18.2 Å². The third kappa shape index (κ3) is 3.73. The maximum Gasteiger partial charge on any atom is 0.338 e. The number of thiazole rings is 1. The van der Waals surface area contributed by atoms with Gasteiger partial charge in [0.1, 0.15) is 5.76 Å². The number of hydrogen-bond donors (Lipinski definition) is 0. The molecule has 31 heavy (non-hydrogen) atoms. The van der Waals surface area contributed by atoms with Crippen LogP contribution in [0.15, 0.2) is 68.1 Å². The van der Waals surface area contributed by atoms with Crippen molar-refractivity contribution in [3.63, 3.8) is 0 Å². The minimum absolute atomic E-state index is 0.139. The molecule has 0 saturated heterocycles. The normalized spacial score (nSPS) is 16.1. The number of benzene rings is 1. The highest BCUT2D eigenvalue weighted by molar-refractivity contribution is 7.07. The van der Waals surface area contributed by atoms with Gasteiger partial charge in [-0.1, -0.05) is 23.5 Å². The standard InChI is InChI=1S/C21H17N3O6S/c1-3-29-20(26)17-12(2)22-21-23(18(17)13-6-4-7-14(10-13)24(27)28)19(25)16(31-21)11-15-8-5-9-30-15/h4-11,18H,3H2,1-2H3/b16-11+/t18-/m0/s1. The van der Waals surface area contributed by atoms with E-state index in [1.54, 1.807) is 38.1 Å². The van der Waals surface area contributed by atoms with Crippen molar-refractivity contribution < 1.29 is 18.9 Å². The Morgan fingerprint density at radius 2 is 2.19 bits per heavy atom. The molecule has 0 spiro atoms. The van der Waals surface area contributed by atoms with Gasteiger partial charge in [-0.05, 0) is 31.5 Å². The zero-order valence-corrected chi connectivity index (χ0v) is 17.4. The zero-order chi connectivity index (χ0) is 22.1. The van der Waals surface area contributed by atoms with Gasteiger partial charge in [-0.15, -0.1) is 0 Å². The topological polar surface area (TPSA) is 117 Å². The molecule has 3 aromatic rings. The van der Waals surface area contributed by atoms with Gasteiger partial charge in [-0.2, -0.15) is 0 Å². The number of nitrogens with zero attached hydrogens (tertiary/aromatic N) is 3. The number of carbonyl (C=O) groups excluding carboxylic acids is 1. The SMILES string of the molecule is CCOC(=O)C1=C(C)N=c2s/c(=C/c3ccco3)c(=O)n2[C@H]1c1cccc([N+](=O)[O-])c1. The van der Waals surface area contributed by atoms with Crippen LogP contribution in [0.25, 0.3) is 6.08 Å². The van der Waals surface area contributed by atoms with Crippen molar-refractivity contribution in [2.45, 2.75) is 19.9 Å². The number of fused-ring (bicyclic) bond motifs is 1. The van der Waals surface area contributed by atoms with Gasteiger partial charge < -0.3 is 9.15 Å². The van der Waals surface area contributed by atoms with Gasteiger partial charge >= 0.3 is 5.97 Å². The summed E-state index contributed by atoms with van der Waals surface area (Å²) in [6.45, 7) is 3.47. The van der Waals surface area contributed by atoms with Crippen LogP contribution in [0, 0.1) is 10.1 Å². The smallest absolute Gasteiger partial charge is 0.338 e. The Morgan fingerprint density at radius 3 is 2.87 bits per heavy atom. The Labute approximate surface area is 179 Å². The number of furan rings is 1. The zero-order valence-electron chi connectivity index (χ0n) is 16.6. The lowest BCUT2D eigenvalue weighted by Crippen LogP contribution is -2.39. The van der Waals surface area contributed by atoms with Crippen LogP contribution >= 0.6 is 11.3 Å². The predicted molar refractivity (Wildman–Crippen MR) is 112 cm³/mol. The fourth-order valence-corrected chi connectivity index (χ4v) is 4.44. The molecule has 0 unspecified atom stereocenters.